The number of benzene rings is 1. The minimum absolute atomic E-state index is 0.00410. The molecule has 4 nitrogen and oxygen atoms in total. The molecule has 1 saturated heterocycles. The molecule has 4 rings (SSSR count). The van der Waals surface area contributed by atoms with Crippen LogP contribution in [0.3, 0.4) is 0 Å². The highest BCUT2D eigenvalue weighted by Gasteiger charge is 2.47. The van der Waals surface area contributed by atoms with Gasteiger partial charge in [0.1, 0.15) is 5.78 Å². The molecule has 3 fully saturated rings. The number of nitrogens with zero attached hydrogens (tertiary/aromatic N) is 1. The van der Waals surface area contributed by atoms with Crippen molar-refractivity contribution in [2.45, 2.75) is 62.2 Å². The molecule has 1 amide bonds. The van der Waals surface area contributed by atoms with E-state index in [0.29, 0.717) is 29.1 Å². The third-order valence-corrected chi connectivity index (χ3v) is 8.34. The standard InChI is InChI=1S/C24H33BrN2O2/c1-16(28)21-13-19-7-8-20(25)14-22(19)24(21)26-23(29)15-27-11-9-18(10-12-27)17-5-3-2-4-6-17/h2-6,18-22,24H,7-15H2,1H3,(H,26,29). The SMILES string of the molecule is CC(=O)C1CC2CCC(Br)CC2C1NC(=O)CN1CCC(c2ccccc2)CC1. The number of likely N-dealkylation sites (tertiary alicyclic amines) is 1. The summed E-state index contributed by atoms with van der Waals surface area (Å²) in [5.41, 5.74) is 1.42. The topological polar surface area (TPSA) is 49.4 Å². The van der Waals surface area contributed by atoms with Crippen molar-refractivity contribution in [1.82, 2.24) is 10.2 Å². The van der Waals surface area contributed by atoms with Gasteiger partial charge in [0, 0.05) is 16.8 Å². The van der Waals surface area contributed by atoms with Gasteiger partial charge in [0.15, 0.2) is 0 Å². The largest absolute Gasteiger partial charge is 0.351 e. The molecule has 5 unspecified atom stereocenters. The van der Waals surface area contributed by atoms with Gasteiger partial charge in [-0.3, -0.25) is 14.5 Å². The van der Waals surface area contributed by atoms with E-state index in [1.807, 2.05) is 0 Å². The summed E-state index contributed by atoms with van der Waals surface area (Å²) >= 11 is 3.77. The van der Waals surface area contributed by atoms with E-state index in [9.17, 15) is 9.59 Å². The molecule has 0 spiro atoms. The summed E-state index contributed by atoms with van der Waals surface area (Å²) in [5.74, 6) is 1.96. The number of amides is 1. The molecular formula is C24H33BrN2O2. The number of nitrogens with one attached hydrogen (secondary N) is 1. The van der Waals surface area contributed by atoms with Crippen molar-refractivity contribution in [2.75, 3.05) is 19.6 Å². The summed E-state index contributed by atoms with van der Waals surface area (Å²) in [4.78, 5) is 27.9. The molecule has 2 saturated carbocycles. The van der Waals surface area contributed by atoms with E-state index in [4.69, 9.17) is 0 Å². The molecule has 1 aromatic carbocycles. The van der Waals surface area contributed by atoms with Crippen molar-refractivity contribution in [3.05, 3.63) is 35.9 Å². The van der Waals surface area contributed by atoms with Crippen molar-refractivity contribution >= 4 is 27.6 Å². The summed E-state index contributed by atoms with van der Waals surface area (Å²) in [6.07, 6.45) is 6.58. The first-order valence-corrected chi connectivity index (χ1v) is 12.1. The Balaban J connectivity index is 1.31. The third kappa shape index (κ3) is 4.93. The Labute approximate surface area is 182 Å². The van der Waals surface area contributed by atoms with Gasteiger partial charge in [-0.05, 0) is 81.9 Å². The van der Waals surface area contributed by atoms with E-state index in [0.717, 1.165) is 38.8 Å². The predicted octanol–water partition coefficient (Wildman–Crippen LogP) is 4.14. The quantitative estimate of drug-likeness (QED) is 0.671. The average Bonchev–Trinajstić information content (AvgIpc) is 3.07. The number of hydrogen-bond donors (Lipinski definition) is 1. The first kappa shape index (κ1) is 21.0. The van der Waals surface area contributed by atoms with Crippen LogP contribution in [-0.4, -0.2) is 47.1 Å². The molecule has 5 atom stereocenters. The molecule has 3 aliphatic rings. The number of Topliss-reactive ketones (excluding diaryl/α,β-unsaturated/α-hetero) is 1. The van der Waals surface area contributed by atoms with Crippen molar-refractivity contribution < 1.29 is 9.59 Å². The third-order valence-electron chi connectivity index (χ3n) is 7.51. The van der Waals surface area contributed by atoms with Crippen LogP contribution < -0.4 is 5.32 Å². The highest BCUT2D eigenvalue weighted by molar-refractivity contribution is 9.09. The monoisotopic (exact) mass is 460 g/mol. The number of halogens is 1. The van der Waals surface area contributed by atoms with Crippen LogP contribution in [0, 0.1) is 17.8 Å². The van der Waals surface area contributed by atoms with Crippen molar-refractivity contribution in [3.63, 3.8) is 0 Å². The van der Waals surface area contributed by atoms with Gasteiger partial charge < -0.3 is 5.32 Å². The molecule has 1 aliphatic heterocycles. The Morgan fingerprint density at radius 2 is 1.79 bits per heavy atom. The second kappa shape index (κ2) is 9.30. The summed E-state index contributed by atoms with van der Waals surface area (Å²) in [5, 5.41) is 3.30. The van der Waals surface area contributed by atoms with Gasteiger partial charge in [0.2, 0.25) is 5.91 Å². The number of hydrogen-bond acceptors (Lipinski definition) is 3. The number of piperidine rings is 1. The Kier molecular flexibility index (Phi) is 6.75. The van der Waals surface area contributed by atoms with Crippen LogP contribution in [0.4, 0.5) is 0 Å². The van der Waals surface area contributed by atoms with Crippen LogP contribution in [0.15, 0.2) is 30.3 Å². The van der Waals surface area contributed by atoms with Gasteiger partial charge in [0.05, 0.1) is 6.54 Å². The fourth-order valence-corrected chi connectivity index (χ4v) is 6.62. The van der Waals surface area contributed by atoms with E-state index < -0.39 is 0 Å². The number of carbonyl (C=O) groups excluding carboxylic acids is 2. The Hall–Kier alpha value is -1.20. The van der Waals surface area contributed by atoms with Crippen molar-refractivity contribution in [3.8, 4) is 0 Å². The van der Waals surface area contributed by atoms with Gasteiger partial charge in [-0.25, -0.2) is 0 Å². The fraction of sp³-hybridized carbons (Fsp3) is 0.667. The van der Waals surface area contributed by atoms with E-state index in [1.165, 1.54) is 18.4 Å². The summed E-state index contributed by atoms with van der Waals surface area (Å²) in [6.45, 7) is 4.07. The highest BCUT2D eigenvalue weighted by atomic mass is 79.9. The number of rotatable bonds is 5. The smallest absolute Gasteiger partial charge is 0.234 e. The minimum Gasteiger partial charge on any atom is -0.351 e. The predicted molar refractivity (Wildman–Crippen MR) is 119 cm³/mol. The lowest BCUT2D eigenvalue weighted by molar-refractivity contribution is -0.125. The normalized spacial score (nSPS) is 33.2. The molecule has 0 aromatic heterocycles. The molecule has 0 bridgehead atoms. The van der Waals surface area contributed by atoms with Crippen LogP contribution in [0.1, 0.15) is 56.9 Å². The second-order valence-electron chi connectivity index (χ2n) is 9.34. The first-order valence-electron chi connectivity index (χ1n) is 11.2. The number of carbonyl (C=O) groups is 2. The van der Waals surface area contributed by atoms with Crippen LogP contribution in [0.25, 0.3) is 0 Å². The zero-order valence-electron chi connectivity index (χ0n) is 17.4. The molecule has 5 heteroatoms. The van der Waals surface area contributed by atoms with Gasteiger partial charge >= 0.3 is 0 Å². The lowest BCUT2D eigenvalue weighted by Gasteiger charge is -2.34. The van der Waals surface area contributed by atoms with E-state index in [-0.39, 0.29) is 23.7 Å². The maximum absolute atomic E-state index is 12.9. The van der Waals surface area contributed by atoms with E-state index in [1.54, 1.807) is 6.92 Å². The lowest BCUT2D eigenvalue weighted by Crippen LogP contribution is -2.49. The van der Waals surface area contributed by atoms with Gasteiger partial charge in [0.25, 0.3) is 0 Å². The van der Waals surface area contributed by atoms with Crippen LogP contribution in [0.2, 0.25) is 0 Å². The molecule has 158 valence electrons. The molecule has 1 heterocycles. The molecule has 29 heavy (non-hydrogen) atoms. The Morgan fingerprint density at radius 3 is 2.48 bits per heavy atom. The lowest BCUT2D eigenvalue weighted by atomic mass is 9.80. The number of fused-ring (bicyclic) bond motifs is 1. The van der Waals surface area contributed by atoms with Crippen LogP contribution in [-0.2, 0) is 9.59 Å². The Morgan fingerprint density at radius 1 is 1.07 bits per heavy atom. The zero-order valence-corrected chi connectivity index (χ0v) is 18.9. The summed E-state index contributed by atoms with van der Waals surface area (Å²) < 4.78 is 0. The first-order chi connectivity index (χ1) is 14.0. The van der Waals surface area contributed by atoms with Crippen molar-refractivity contribution in [1.29, 1.82) is 0 Å². The van der Waals surface area contributed by atoms with E-state index >= 15 is 0 Å². The maximum Gasteiger partial charge on any atom is 0.234 e. The summed E-state index contributed by atoms with van der Waals surface area (Å²) in [7, 11) is 0. The Bertz CT molecular complexity index is 717. The fourth-order valence-electron chi connectivity index (χ4n) is 5.93. The minimum atomic E-state index is -0.00410. The van der Waals surface area contributed by atoms with Crippen LogP contribution in [0.5, 0.6) is 0 Å². The molecular weight excluding hydrogens is 428 g/mol. The van der Waals surface area contributed by atoms with Gasteiger partial charge in [-0.2, -0.15) is 0 Å². The van der Waals surface area contributed by atoms with Crippen molar-refractivity contribution in [2.24, 2.45) is 17.8 Å². The number of ketones is 1. The zero-order chi connectivity index (χ0) is 20.4. The van der Waals surface area contributed by atoms with Crippen LogP contribution >= 0.6 is 15.9 Å². The maximum atomic E-state index is 12.9. The second-order valence-corrected chi connectivity index (χ2v) is 10.6. The highest BCUT2D eigenvalue weighted by Crippen LogP contribution is 2.47. The molecule has 2 aliphatic carbocycles. The average molecular weight is 461 g/mol. The van der Waals surface area contributed by atoms with E-state index in [2.05, 4.69) is 56.5 Å². The molecule has 0 radical (unpaired) electrons. The van der Waals surface area contributed by atoms with Gasteiger partial charge in [-0.1, -0.05) is 46.3 Å². The van der Waals surface area contributed by atoms with Gasteiger partial charge in [-0.15, -0.1) is 0 Å². The molecule has 1 aromatic rings. The molecule has 1 N–H and O–H groups in total. The number of alkyl halides is 1. The summed E-state index contributed by atoms with van der Waals surface area (Å²) in [6, 6.07) is 10.7.